The Morgan fingerprint density at radius 2 is 1.78 bits per heavy atom. The van der Waals surface area contributed by atoms with Crippen LogP contribution >= 0.6 is 0 Å². The molecular formula is C13H26N2O3. The van der Waals surface area contributed by atoms with Gasteiger partial charge >= 0.3 is 12.0 Å². The van der Waals surface area contributed by atoms with Crippen molar-refractivity contribution in [3.63, 3.8) is 0 Å². The van der Waals surface area contributed by atoms with Gasteiger partial charge in [-0.25, -0.2) is 9.59 Å². The lowest BCUT2D eigenvalue weighted by molar-refractivity contribution is -0.142. The first-order valence-electron chi connectivity index (χ1n) is 6.30. The van der Waals surface area contributed by atoms with Crippen molar-refractivity contribution < 1.29 is 14.7 Å². The number of aliphatic carboxylic acids is 1. The minimum Gasteiger partial charge on any atom is -0.480 e. The molecule has 18 heavy (non-hydrogen) atoms. The first-order valence-corrected chi connectivity index (χ1v) is 6.30. The predicted molar refractivity (Wildman–Crippen MR) is 71.5 cm³/mol. The van der Waals surface area contributed by atoms with E-state index in [1.165, 1.54) is 4.90 Å². The number of carbonyl (C=O) groups is 2. The maximum absolute atomic E-state index is 11.9. The van der Waals surface area contributed by atoms with E-state index in [0.29, 0.717) is 12.5 Å². The number of carboxylic acid groups (broad SMARTS) is 1. The first kappa shape index (κ1) is 16.7. The molecule has 5 heteroatoms. The van der Waals surface area contributed by atoms with E-state index in [4.69, 9.17) is 5.11 Å². The van der Waals surface area contributed by atoms with Crippen molar-refractivity contribution in [2.24, 2.45) is 11.3 Å². The van der Waals surface area contributed by atoms with E-state index in [1.807, 2.05) is 0 Å². The van der Waals surface area contributed by atoms with Crippen LogP contribution in [0, 0.1) is 11.3 Å². The van der Waals surface area contributed by atoms with Gasteiger partial charge in [0.05, 0.1) is 0 Å². The summed E-state index contributed by atoms with van der Waals surface area (Å²) in [6.45, 7) is 10.2. The predicted octanol–water partition coefficient (Wildman–Crippen LogP) is 2.17. The molecule has 2 amide bonds. The van der Waals surface area contributed by atoms with Gasteiger partial charge in [0.15, 0.2) is 0 Å². The van der Waals surface area contributed by atoms with Crippen LogP contribution in [-0.4, -0.2) is 41.6 Å². The lowest BCUT2D eigenvalue weighted by atomic mass is 9.87. The summed E-state index contributed by atoms with van der Waals surface area (Å²) >= 11 is 0. The summed E-state index contributed by atoms with van der Waals surface area (Å²) in [4.78, 5) is 24.5. The molecule has 5 nitrogen and oxygen atoms in total. The van der Waals surface area contributed by atoms with Crippen LogP contribution in [0.4, 0.5) is 4.79 Å². The van der Waals surface area contributed by atoms with Crippen molar-refractivity contribution in [1.29, 1.82) is 0 Å². The molecule has 0 radical (unpaired) electrons. The van der Waals surface area contributed by atoms with E-state index in [9.17, 15) is 9.59 Å². The fourth-order valence-corrected chi connectivity index (χ4v) is 1.44. The van der Waals surface area contributed by atoms with E-state index in [1.54, 1.807) is 27.8 Å². The number of carbonyl (C=O) groups excluding carboxylic acids is 1. The van der Waals surface area contributed by atoms with Crippen LogP contribution < -0.4 is 5.32 Å². The van der Waals surface area contributed by atoms with Crippen LogP contribution in [0.25, 0.3) is 0 Å². The van der Waals surface area contributed by atoms with E-state index in [2.05, 4.69) is 19.2 Å². The van der Waals surface area contributed by atoms with Crippen LogP contribution in [0.1, 0.15) is 41.0 Å². The van der Waals surface area contributed by atoms with Crippen molar-refractivity contribution >= 4 is 12.0 Å². The molecular weight excluding hydrogens is 232 g/mol. The Balaban J connectivity index is 4.47. The minimum absolute atomic E-state index is 0.335. The second-order valence-electron chi connectivity index (χ2n) is 6.19. The Morgan fingerprint density at radius 1 is 1.28 bits per heavy atom. The highest BCUT2D eigenvalue weighted by atomic mass is 16.4. The molecule has 0 saturated carbocycles. The quantitative estimate of drug-likeness (QED) is 0.794. The number of carboxylic acids is 1. The lowest BCUT2D eigenvalue weighted by Crippen LogP contribution is -2.52. The summed E-state index contributed by atoms with van der Waals surface area (Å²) < 4.78 is 0. The average Bonchev–Trinajstić information content (AvgIpc) is 2.19. The number of nitrogens with one attached hydrogen (secondary N) is 1. The van der Waals surface area contributed by atoms with Gasteiger partial charge in [0.25, 0.3) is 0 Å². The maximum atomic E-state index is 11.9. The molecule has 0 aliphatic carbocycles. The summed E-state index contributed by atoms with van der Waals surface area (Å²) in [6, 6.07) is -1.22. The van der Waals surface area contributed by atoms with E-state index in [0.717, 1.165) is 6.42 Å². The minimum atomic E-state index is -1.01. The highest BCUT2D eigenvalue weighted by Gasteiger charge is 2.33. The molecule has 1 unspecified atom stereocenters. The molecule has 2 N–H and O–H groups in total. The Labute approximate surface area is 110 Å². The number of rotatable bonds is 5. The summed E-state index contributed by atoms with van der Waals surface area (Å²) in [7, 11) is 1.68. The third kappa shape index (κ3) is 5.89. The number of hydrogen-bond donors (Lipinski definition) is 2. The number of nitrogens with zero attached hydrogens (tertiary/aromatic N) is 1. The van der Waals surface area contributed by atoms with Crippen LogP contribution in [-0.2, 0) is 4.79 Å². The van der Waals surface area contributed by atoms with Crippen molar-refractivity contribution in [2.45, 2.75) is 47.1 Å². The van der Waals surface area contributed by atoms with E-state index >= 15 is 0 Å². The maximum Gasteiger partial charge on any atom is 0.326 e. The molecule has 0 aromatic rings. The zero-order valence-electron chi connectivity index (χ0n) is 12.3. The molecule has 0 saturated heterocycles. The molecule has 106 valence electrons. The number of urea groups is 1. The summed E-state index contributed by atoms with van der Waals surface area (Å²) in [6.07, 6.45) is 0.900. The molecule has 0 bridgehead atoms. The second-order valence-corrected chi connectivity index (χ2v) is 6.19. The average molecular weight is 258 g/mol. The summed E-state index contributed by atoms with van der Waals surface area (Å²) in [5, 5.41) is 11.7. The molecule has 1 atom stereocenters. The molecule has 0 aromatic carbocycles. The van der Waals surface area contributed by atoms with Gasteiger partial charge in [-0.05, 0) is 17.8 Å². The molecule has 0 heterocycles. The number of hydrogen-bond acceptors (Lipinski definition) is 2. The fourth-order valence-electron chi connectivity index (χ4n) is 1.44. The van der Waals surface area contributed by atoms with E-state index in [-0.39, 0.29) is 6.03 Å². The van der Waals surface area contributed by atoms with Gasteiger partial charge in [0.1, 0.15) is 6.04 Å². The Bertz CT molecular complexity index is 295. The van der Waals surface area contributed by atoms with Crippen molar-refractivity contribution in [3.8, 4) is 0 Å². The van der Waals surface area contributed by atoms with Crippen molar-refractivity contribution in [3.05, 3.63) is 0 Å². The topological polar surface area (TPSA) is 69.6 Å². The van der Waals surface area contributed by atoms with Crippen LogP contribution in [0.2, 0.25) is 0 Å². The molecule has 0 aliphatic rings. The van der Waals surface area contributed by atoms with Gasteiger partial charge in [-0.3, -0.25) is 0 Å². The van der Waals surface area contributed by atoms with Crippen molar-refractivity contribution in [2.75, 3.05) is 13.6 Å². The first-order chi connectivity index (χ1) is 8.05. The lowest BCUT2D eigenvalue weighted by Gasteiger charge is -2.30. The molecule has 0 aliphatic heterocycles. The smallest absolute Gasteiger partial charge is 0.326 e. The summed E-state index contributed by atoms with van der Waals surface area (Å²) in [5.41, 5.74) is -0.514. The van der Waals surface area contributed by atoms with Gasteiger partial charge in [0.2, 0.25) is 0 Å². The third-order valence-corrected chi connectivity index (χ3v) is 2.77. The van der Waals surface area contributed by atoms with Gasteiger partial charge in [0, 0.05) is 13.6 Å². The Morgan fingerprint density at radius 3 is 2.11 bits per heavy atom. The second kappa shape index (κ2) is 6.61. The monoisotopic (exact) mass is 258 g/mol. The molecule has 0 fully saturated rings. The highest BCUT2D eigenvalue weighted by molar-refractivity contribution is 5.83. The zero-order chi connectivity index (χ0) is 14.5. The zero-order valence-corrected chi connectivity index (χ0v) is 12.3. The van der Waals surface area contributed by atoms with Crippen LogP contribution in [0.3, 0.4) is 0 Å². The van der Waals surface area contributed by atoms with Crippen LogP contribution in [0.15, 0.2) is 0 Å². The van der Waals surface area contributed by atoms with Crippen LogP contribution in [0.5, 0.6) is 0 Å². The Hall–Kier alpha value is -1.26. The molecule has 0 rings (SSSR count). The van der Waals surface area contributed by atoms with Gasteiger partial charge in [-0.15, -0.1) is 0 Å². The molecule has 0 aromatic heterocycles. The molecule has 0 spiro atoms. The van der Waals surface area contributed by atoms with Gasteiger partial charge in [-0.1, -0.05) is 34.6 Å². The van der Waals surface area contributed by atoms with E-state index < -0.39 is 17.4 Å². The highest BCUT2D eigenvalue weighted by Crippen LogP contribution is 2.19. The normalized spacial score (nSPS) is 13.3. The fraction of sp³-hybridized carbons (Fsp3) is 0.846. The van der Waals surface area contributed by atoms with Gasteiger partial charge in [-0.2, -0.15) is 0 Å². The summed E-state index contributed by atoms with van der Waals surface area (Å²) in [5.74, 6) is -0.494. The SMILES string of the molecule is CC(C)CCN(C)C(=O)NC(C(=O)O)C(C)(C)C. The van der Waals surface area contributed by atoms with Gasteiger partial charge < -0.3 is 15.3 Å². The standard InChI is InChI=1S/C13H26N2O3/c1-9(2)7-8-15(6)12(18)14-10(11(16)17)13(3,4)5/h9-10H,7-8H2,1-6H3,(H,14,18)(H,16,17). The largest absolute Gasteiger partial charge is 0.480 e. The Kier molecular flexibility index (Phi) is 6.15. The van der Waals surface area contributed by atoms with Crippen molar-refractivity contribution in [1.82, 2.24) is 10.2 Å². The number of amides is 2. The third-order valence-electron chi connectivity index (χ3n) is 2.77.